The second-order valence-corrected chi connectivity index (χ2v) is 9.51. The van der Waals surface area contributed by atoms with Gasteiger partial charge in [0.25, 0.3) is 6.29 Å². The molecule has 9 heteroatoms. The van der Waals surface area contributed by atoms with Gasteiger partial charge >= 0.3 is 17.9 Å². The van der Waals surface area contributed by atoms with Gasteiger partial charge in [0.1, 0.15) is 6.54 Å². The fourth-order valence-corrected chi connectivity index (χ4v) is 5.10. The number of carbonyl (C=O) groups excluding carboxylic acids is 3. The number of rotatable bonds is 9. The zero-order valence-electron chi connectivity index (χ0n) is 21.1. The number of esters is 2. The SMILES string of the molecule is O=C(O)CN1C(=O)[C@@H](NCCC(C(=O)OC2OC(=O)c3ccccc32)c2ccccc2)CCc2ccccc21. The van der Waals surface area contributed by atoms with Crippen molar-refractivity contribution >= 4 is 29.5 Å². The number of anilines is 1. The van der Waals surface area contributed by atoms with Crippen molar-refractivity contribution in [2.45, 2.75) is 37.5 Å². The highest BCUT2D eigenvalue weighted by molar-refractivity contribution is 6.01. The molecule has 200 valence electrons. The van der Waals surface area contributed by atoms with Crippen LogP contribution in [0.3, 0.4) is 0 Å². The number of benzene rings is 3. The molecule has 2 unspecified atom stereocenters. The number of hydrogen-bond acceptors (Lipinski definition) is 7. The van der Waals surface area contributed by atoms with Crippen molar-refractivity contribution in [2.24, 2.45) is 0 Å². The fraction of sp³-hybridized carbons (Fsp3) is 0.267. The normalized spacial score (nSPS) is 18.9. The second-order valence-electron chi connectivity index (χ2n) is 9.51. The first kappa shape index (κ1) is 26.1. The molecular weight excluding hydrogens is 500 g/mol. The van der Waals surface area contributed by atoms with Crippen LogP contribution in [0.25, 0.3) is 0 Å². The lowest BCUT2D eigenvalue weighted by Crippen LogP contribution is -2.48. The minimum atomic E-state index is -1.12. The molecule has 5 rings (SSSR count). The van der Waals surface area contributed by atoms with Crippen LogP contribution in [0.5, 0.6) is 0 Å². The summed E-state index contributed by atoms with van der Waals surface area (Å²) >= 11 is 0. The Morgan fingerprint density at radius 3 is 2.51 bits per heavy atom. The monoisotopic (exact) mass is 528 g/mol. The number of para-hydroxylation sites is 1. The molecule has 0 spiro atoms. The number of fused-ring (bicyclic) bond motifs is 2. The Bertz CT molecular complexity index is 1390. The van der Waals surface area contributed by atoms with E-state index in [1.54, 1.807) is 36.4 Å². The predicted molar refractivity (Wildman–Crippen MR) is 141 cm³/mol. The molecule has 2 aliphatic rings. The van der Waals surface area contributed by atoms with Gasteiger partial charge in [-0.25, -0.2) is 4.79 Å². The van der Waals surface area contributed by atoms with E-state index < -0.39 is 42.7 Å². The van der Waals surface area contributed by atoms with Gasteiger partial charge in [-0.1, -0.05) is 66.7 Å². The van der Waals surface area contributed by atoms with Crippen LogP contribution in [0.15, 0.2) is 78.9 Å². The third kappa shape index (κ3) is 5.68. The molecule has 2 aliphatic heterocycles. The highest BCUT2D eigenvalue weighted by Crippen LogP contribution is 2.34. The molecule has 3 aromatic carbocycles. The van der Waals surface area contributed by atoms with Crippen molar-refractivity contribution in [3.05, 3.63) is 101 Å². The largest absolute Gasteiger partial charge is 0.480 e. The summed E-state index contributed by atoms with van der Waals surface area (Å²) < 4.78 is 11.0. The van der Waals surface area contributed by atoms with Crippen LogP contribution in [-0.2, 0) is 30.3 Å². The first-order chi connectivity index (χ1) is 18.9. The molecule has 0 saturated heterocycles. The van der Waals surface area contributed by atoms with Gasteiger partial charge in [0.15, 0.2) is 0 Å². The molecule has 0 aromatic heterocycles. The van der Waals surface area contributed by atoms with Crippen molar-refractivity contribution in [1.29, 1.82) is 0 Å². The second kappa shape index (κ2) is 11.5. The average molecular weight is 529 g/mol. The van der Waals surface area contributed by atoms with Crippen molar-refractivity contribution in [3.8, 4) is 0 Å². The van der Waals surface area contributed by atoms with Crippen molar-refractivity contribution < 1.29 is 33.8 Å². The number of carbonyl (C=O) groups is 4. The molecule has 1 amide bonds. The van der Waals surface area contributed by atoms with Gasteiger partial charge in [-0.3, -0.25) is 19.3 Å². The Kier molecular flexibility index (Phi) is 7.69. The Morgan fingerprint density at radius 1 is 1.00 bits per heavy atom. The summed E-state index contributed by atoms with van der Waals surface area (Å²) in [6.07, 6.45) is 0.279. The summed E-state index contributed by atoms with van der Waals surface area (Å²) in [7, 11) is 0. The van der Waals surface area contributed by atoms with E-state index in [1.807, 2.05) is 42.5 Å². The number of carboxylic acids is 1. The van der Waals surface area contributed by atoms with Crippen molar-refractivity contribution in [2.75, 3.05) is 18.0 Å². The molecular formula is C30H28N2O7. The molecule has 3 atom stereocenters. The smallest absolute Gasteiger partial charge is 0.342 e. The van der Waals surface area contributed by atoms with Crippen LogP contribution in [-0.4, -0.2) is 48.1 Å². The van der Waals surface area contributed by atoms with Gasteiger partial charge in [0.05, 0.1) is 17.5 Å². The lowest BCUT2D eigenvalue weighted by Gasteiger charge is -2.25. The summed E-state index contributed by atoms with van der Waals surface area (Å²) in [5, 5.41) is 12.7. The lowest BCUT2D eigenvalue weighted by molar-refractivity contribution is -0.169. The maximum atomic E-state index is 13.4. The maximum absolute atomic E-state index is 13.4. The van der Waals surface area contributed by atoms with Crippen molar-refractivity contribution in [3.63, 3.8) is 0 Å². The molecule has 2 heterocycles. The first-order valence-electron chi connectivity index (χ1n) is 12.8. The third-order valence-electron chi connectivity index (χ3n) is 7.02. The Balaban J connectivity index is 1.29. The summed E-state index contributed by atoms with van der Waals surface area (Å²) in [5.41, 5.74) is 3.11. The molecule has 2 N–H and O–H groups in total. The average Bonchev–Trinajstić information content (AvgIpc) is 3.19. The standard InChI is InChI=1S/C30H28N2O7/c33-26(34)18-32-25-13-7-4-10-20(25)14-15-24(27(32)35)31-17-16-21(19-8-2-1-3-9-19)28(36)38-30-23-12-6-5-11-22(23)29(37)39-30/h1-13,21,24,30-31H,14-18H2,(H,33,34)/t21?,24-,30?/m0/s1. The van der Waals surface area contributed by atoms with Gasteiger partial charge in [0.2, 0.25) is 5.91 Å². The number of carboxylic acid groups (broad SMARTS) is 1. The number of aryl methyl sites for hydroxylation is 1. The van der Waals surface area contributed by atoms with Crippen LogP contribution in [0.2, 0.25) is 0 Å². The maximum Gasteiger partial charge on any atom is 0.342 e. The van der Waals surface area contributed by atoms with E-state index in [0.717, 1.165) is 11.1 Å². The highest BCUT2D eigenvalue weighted by Gasteiger charge is 2.36. The first-order valence-corrected chi connectivity index (χ1v) is 12.8. The van der Waals surface area contributed by atoms with E-state index in [0.29, 0.717) is 42.6 Å². The number of nitrogens with zero attached hydrogens (tertiary/aromatic N) is 1. The third-order valence-corrected chi connectivity index (χ3v) is 7.02. The number of ether oxygens (including phenoxy) is 2. The summed E-state index contributed by atoms with van der Waals surface area (Å²) in [4.78, 5) is 51.7. The van der Waals surface area contributed by atoms with Gasteiger partial charge in [0, 0.05) is 11.3 Å². The van der Waals surface area contributed by atoms with E-state index in [9.17, 15) is 24.3 Å². The van der Waals surface area contributed by atoms with Crippen LogP contribution < -0.4 is 10.2 Å². The molecule has 0 radical (unpaired) electrons. The number of aliphatic carboxylic acids is 1. The van der Waals surface area contributed by atoms with Crippen LogP contribution in [0.4, 0.5) is 5.69 Å². The molecule has 9 nitrogen and oxygen atoms in total. The Labute approximate surface area is 225 Å². The Morgan fingerprint density at radius 2 is 1.72 bits per heavy atom. The zero-order chi connectivity index (χ0) is 27.4. The molecule has 3 aromatic rings. The summed E-state index contributed by atoms with van der Waals surface area (Å²) in [6, 6.07) is 22.6. The summed E-state index contributed by atoms with van der Waals surface area (Å²) in [5.74, 6) is -3.20. The number of amides is 1. The van der Waals surface area contributed by atoms with Crippen LogP contribution in [0, 0.1) is 0 Å². The Hall–Kier alpha value is -4.50. The van der Waals surface area contributed by atoms with Gasteiger partial charge in [-0.2, -0.15) is 0 Å². The minimum Gasteiger partial charge on any atom is -0.480 e. The van der Waals surface area contributed by atoms with E-state index in [1.165, 1.54) is 4.90 Å². The lowest BCUT2D eigenvalue weighted by atomic mass is 9.95. The van der Waals surface area contributed by atoms with Gasteiger partial charge in [-0.05, 0) is 49.1 Å². The topological polar surface area (TPSA) is 122 Å². The van der Waals surface area contributed by atoms with Gasteiger partial charge in [-0.15, -0.1) is 0 Å². The highest BCUT2D eigenvalue weighted by atomic mass is 16.7. The predicted octanol–water partition coefficient (Wildman–Crippen LogP) is 3.59. The molecule has 0 saturated carbocycles. The van der Waals surface area contributed by atoms with E-state index >= 15 is 0 Å². The summed E-state index contributed by atoms with van der Waals surface area (Å²) in [6.45, 7) is -0.141. The van der Waals surface area contributed by atoms with E-state index in [4.69, 9.17) is 9.47 Å². The molecule has 39 heavy (non-hydrogen) atoms. The zero-order valence-corrected chi connectivity index (χ0v) is 21.1. The van der Waals surface area contributed by atoms with Gasteiger partial charge < -0.3 is 19.9 Å². The van der Waals surface area contributed by atoms with E-state index in [-0.39, 0.29) is 5.91 Å². The van der Waals surface area contributed by atoms with E-state index in [2.05, 4.69) is 5.32 Å². The van der Waals surface area contributed by atoms with Crippen molar-refractivity contribution in [1.82, 2.24) is 5.32 Å². The number of nitrogens with one attached hydrogen (secondary N) is 1. The quantitative estimate of drug-likeness (QED) is 0.404. The molecule has 0 aliphatic carbocycles. The fourth-order valence-electron chi connectivity index (χ4n) is 5.10. The van der Waals surface area contributed by atoms with Crippen LogP contribution >= 0.6 is 0 Å². The number of hydrogen-bond donors (Lipinski definition) is 2. The van der Waals surface area contributed by atoms with Crippen LogP contribution in [0.1, 0.15) is 52.1 Å². The molecule has 0 fully saturated rings. The number of cyclic esters (lactones) is 1. The minimum absolute atomic E-state index is 0.295. The molecule has 0 bridgehead atoms.